The summed E-state index contributed by atoms with van der Waals surface area (Å²) in [6.07, 6.45) is 1.41. The van der Waals surface area contributed by atoms with Gasteiger partial charge in [-0.05, 0) is 69.4 Å². The number of aliphatic hydroxyl groups is 1. The van der Waals surface area contributed by atoms with E-state index < -0.39 is 33.4 Å². The van der Waals surface area contributed by atoms with Crippen molar-refractivity contribution in [1.82, 2.24) is 10.2 Å². The number of hydrogen-bond acceptors (Lipinski definition) is 6. The minimum atomic E-state index is -0.796. The molecule has 3 aliphatic rings. The molecule has 3 heterocycles. The third kappa shape index (κ3) is 5.08. The van der Waals surface area contributed by atoms with Gasteiger partial charge in [-0.3, -0.25) is 14.4 Å². The van der Waals surface area contributed by atoms with Gasteiger partial charge in [-0.15, -0.1) is 11.8 Å². The van der Waals surface area contributed by atoms with Gasteiger partial charge in [0, 0.05) is 35.8 Å². The van der Waals surface area contributed by atoms with Gasteiger partial charge in [0.25, 0.3) is 0 Å². The van der Waals surface area contributed by atoms with E-state index in [1.807, 2.05) is 68.4 Å². The van der Waals surface area contributed by atoms with Crippen LogP contribution in [0.3, 0.4) is 0 Å². The minimum absolute atomic E-state index is 0.0685. The monoisotopic (exact) mass is 592 g/mol. The molecule has 2 aromatic rings. The van der Waals surface area contributed by atoms with Crippen molar-refractivity contribution in [1.29, 1.82) is 0 Å². The van der Waals surface area contributed by atoms with E-state index in [0.29, 0.717) is 18.7 Å². The van der Waals surface area contributed by atoms with Crippen molar-refractivity contribution in [3.8, 4) is 0 Å². The molecule has 5 rings (SSSR count). The van der Waals surface area contributed by atoms with Crippen molar-refractivity contribution in [3.63, 3.8) is 0 Å². The van der Waals surface area contributed by atoms with Crippen LogP contribution in [0.5, 0.6) is 0 Å². The fourth-order valence-corrected chi connectivity index (χ4v) is 9.83. The summed E-state index contributed by atoms with van der Waals surface area (Å²) in [5, 5.41) is 16.6. The van der Waals surface area contributed by atoms with Gasteiger partial charge in [0.1, 0.15) is 6.04 Å². The number of rotatable bonds is 11. The van der Waals surface area contributed by atoms with Gasteiger partial charge >= 0.3 is 0 Å². The molecule has 1 spiro atoms. The van der Waals surface area contributed by atoms with E-state index in [0.717, 1.165) is 30.8 Å². The van der Waals surface area contributed by atoms with Crippen molar-refractivity contribution >= 4 is 40.9 Å². The van der Waals surface area contributed by atoms with E-state index >= 15 is 0 Å². The molecule has 9 heteroatoms. The number of carbonyl (C=O) groups is 3. The molecule has 6 atom stereocenters. The predicted molar refractivity (Wildman–Crippen MR) is 168 cm³/mol. The number of carbonyl (C=O) groups excluding carboxylic acids is 3. The third-order valence-corrected chi connectivity index (χ3v) is 11.6. The lowest BCUT2D eigenvalue weighted by molar-refractivity contribution is -0.143. The molecule has 0 aromatic heterocycles. The Bertz CT molecular complexity index is 1300. The number of likely N-dealkylation sites (tertiary alicyclic amines) is 1. The van der Waals surface area contributed by atoms with Crippen LogP contribution in [0.4, 0.5) is 11.4 Å². The van der Waals surface area contributed by atoms with Crippen molar-refractivity contribution < 1.29 is 19.5 Å². The number of aliphatic hydroxyl groups excluding tert-OH is 1. The lowest BCUT2D eigenvalue weighted by Gasteiger charge is -2.38. The standard InChI is InChI=1S/C33H44N4O4S/c1-6-36(7-2)24-15-13-23(14-16-24)35-30(40)28-33-18-17-32(5,42-33)26(29(39)34-19-22-11-9-8-10-12-22)27(33)31(41)37(28)25(20-38)21(3)4/h8-16,21,25-28,38H,6-7,17-20H2,1-5H3,(H,34,39)(H,35,40)/t25-,26-,27-,28?,32+,33?/m0/s1. The van der Waals surface area contributed by atoms with Crippen LogP contribution >= 0.6 is 11.8 Å². The van der Waals surface area contributed by atoms with Crippen LogP contribution in [0.1, 0.15) is 53.0 Å². The highest BCUT2D eigenvalue weighted by Crippen LogP contribution is 2.71. The first-order valence-electron chi connectivity index (χ1n) is 15.2. The number of thioether (sulfide) groups is 1. The van der Waals surface area contributed by atoms with Crippen LogP contribution in [0.15, 0.2) is 54.6 Å². The van der Waals surface area contributed by atoms with E-state index in [2.05, 4.69) is 36.3 Å². The molecule has 3 aliphatic heterocycles. The maximum Gasteiger partial charge on any atom is 0.248 e. The number of nitrogens with one attached hydrogen (secondary N) is 2. The van der Waals surface area contributed by atoms with Gasteiger partial charge in [0.2, 0.25) is 17.7 Å². The van der Waals surface area contributed by atoms with Crippen LogP contribution in [0, 0.1) is 17.8 Å². The third-order valence-electron chi connectivity index (χ3n) is 9.63. The Kier molecular flexibility index (Phi) is 8.63. The highest BCUT2D eigenvalue weighted by Gasteiger charge is 2.77. The topological polar surface area (TPSA) is 102 Å². The molecule has 226 valence electrons. The molecule has 0 radical (unpaired) electrons. The summed E-state index contributed by atoms with van der Waals surface area (Å²) in [7, 11) is 0. The Morgan fingerprint density at radius 1 is 1.05 bits per heavy atom. The summed E-state index contributed by atoms with van der Waals surface area (Å²) in [4.78, 5) is 46.3. The largest absolute Gasteiger partial charge is 0.394 e. The Labute approximate surface area is 253 Å². The summed E-state index contributed by atoms with van der Waals surface area (Å²) >= 11 is 1.64. The van der Waals surface area contributed by atoms with Crippen LogP contribution in [0.2, 0.25) is 0 Å². The van der Waals surface area contributed by atoms with Crippen LogP contribution in [0.25, 0.3) is 0 Å². The van der Waals surface area contributed by atoms with E-state index in [1.54, 1.807) is 16.7 Å². The number of hydrogen-bond donors (Lipinski definition) is 3. The first-order valence-corrected chi connectivity index (χ1v) is 16.0. The normalized spacial score (nSPS) is 28.6. The smallest absolute Gasteiger partial charge is 0.248 e. The molecule has 2 bridgehead atoms. The molecule has 8 nitrogen and oxygen atoms in total. The first kappa shape index (κ1) is 30.4. The highest BCUT2D eigenvalue weighted by atomic mass is 32.2. The molecule has 3 N–H and O–H groups in total. The average molecular weight is 593 g/mol. The summed E-state index contributed by atoms with van der Waals surface area (Å²) < 4.78 is -1.20. The fourth-order valence-electron chi connectivity index (χ4n) is 7.49. The number of nitrogens with zero attached hydrogens (tertiary/aromatic N) is 2. The lowest BCUT2D eigenvalue weighted by Crippen LogP contribution is -2.56. The molecule has 2 aromatic carbocycles. The van der Waals surface area contributed by atoms with Gasteiger partial charge in [-0.2, -0.15) is 0 Å². The Morgan fingerprint density at radius 3 is 2.31 bits per heavy atom. The van der Waals surface area contributed by atoms with Gasteiger partial charge in [-0.25, -0.2) is 0 Å². The zero-order chi connectivity index (χ0) is 30.2. The van der Waals surface area contributed by atoms with Gasteiger partial charge in [0.15, 0.2) is 0 Å². The van der Waals surface area contributed by atoms with Crippen molar-refractivity contribution in [2.45, 2.75) is 75.6 Å². The summed E-state index contributed by atoms with van der Waals surface area (Å²) in [6, 6.07) is 16.2. The Morgan fingerprint density at radius 2 is 1.71 bits per heavy atom. The van der Waals surface area contributed by atoms with Crippen LogP contribution in [-0.2, 0) is 20.9 Å². The minimum Gasteiger partial charge on any atom is -0.394 e. The quantitative estimate of drug-likeness (QED) is 0.360. The molecule has 42 heavy (non-hydrogen) atoms. The van der Waals surface area contributed by atoms with Crippen molar-refractivity contribution in [2.75, 3.05) is 29.9 Å². The molecule has 3 saturated heterocycles. The number of benzene rings is 2. The molecule has 0 aliphatic carbocycles. The van der Waals surface area contributed by atoms with E-state index in [-0.39, 0.29) is 30.2 Å². The van der Waals surface area contributed by atoms with Crippen molar-refractivity contribution in [2.24, 2.45) is 17.8 Å². The zero-order valence-corrected chi connectivity index (χ0v) is 26.1. The number of fused-ring (bicyclic) bond motifs is 1. The van der Waals surface area contributed by atoms with E-state index in [1.165, 1.54) is 0 Å². The fraction of sp³-hybridized carbons (Fsp3) is 0.545. The van der Waals surface area contributed by atoms with E-state index in [4.69, 9.17) is 0 Å². The summed E-state index contributed by atoms with van der Waals surface area (Å²) in [5.41, 5.74) is 2.73. The van der Waals surface area contributed by atoms with Crippen LogP contribution in [-0.4, -0.2) is 69.0 Å². The second-order valence-corrected chi connectivity index (χ2v) is 14.3. The van der Waals surface area contributed by atoms with Gasteiger partial charge < -0.3 is 25.5 Å². The Balaban J connectivity index is 1.46. The van der Waals surface area contributed by atoms with Gasteiger partial charge in [0.05, 0.1) is 29.2 Å². The SMILES string of the molecule is CCN(CC)c1ccc(NC(=O)C2N([C@@H](CO)C(C)C)C(=O)[C@@H]3[C@@H](C(=O)NCc4ccccc4)[C@@]4(C)CCC23S4)cc1. The summed E-state index contributed by atoms with van der Waals surface area (Å²) in [6.45, 7) is 12.1. The molecule has 3 fully saturated rings. The number of anilines is 2. The summed E-state index contributed by atoms with van der Waals surface area (Å²) in [5.74, 6) is -1.87. The second-order valence-electron chi connectivity index (χ2n) is 12.4. The molecule has 3 amide bonds. The maximum absolute atomic E-state index is 14.4. The number of amides is 3. The van der Waals surface area contributed by atoms with Crippen LogP contribution < -0.4 is 15.5 Å². The molecular formula is C33H44N4O4S. The lowest BCUT2D eigenvalue weighted by atomic mass is 9.66. The first-order chi connectivity index (χ1) is 20.1. The van der Waals surface area contributed by atoms with Gasteiger partial charge in [-0.1, -0.05) is 44.2 Å². The molecular weight excluding hydrogens is 548 g/mol. The van der Waals surface area contributed by atoms with Crippen molar-refractivity contribution in [3.05, 3.63) is 60.2 Å². The molecule has 0 saturated carbocycles. The highest BCUT2D eigenvalue weighted by molar-refractivity contribution is 8.02. The maximum atomic E-state index is 14.4. The van der Waals surface area contributed by atoms with E-state index in [9.17, 15) is 19.5 Å². The second kappa shape index (κ2) is 11.9. The Hall–Kier alpha value is -3.04. The predicted octanol–water partition coefficient (Wildman–Crippen LogP) is 4.29. The average Bonchev–Trinajstić information content (AvgIpc) is 3.55. The molecule has 2 unspecified atom stereocenters. The zero-order valence-electron chi connectivity index (χ0n) is 25.3.